The van der Waals surface area contributed by atoms with E-state index in [9.17, 15) is 0 Å². The van der Waals surface area contributed by atoms with Crippen molar-refractivity contribution in [2.45, 2.75) is 70.2 Å². The van der Waals surface area contributed by atoms with Crippen LogP contribution in [0.4, 0.5) is 0 Å². The zero-order valence-corrected chi connectivity index (χ0v) is 10.6. The minimum Gasteiger partial charge on any atom is -0.374 e. The Labute approximate surface area is 99.1 Å². The monoisotopic (exact) mass is 226 g/mol. The summed E-state index contributed by atoms with van der Waals surface area (Å²) in [5.74, 6) is 0.874. The van der Waals surface area contributed by atoms with E-state index in [0.29, 0.717) is 30.8 Å². The van der Waals surface area contributed by atoms with Gasteiger partial charge in [-0.05, 0) is 44.9 Å². The van der Waals surface area contributed by atoms with Gasteiger partial charge in [0.15, 0.2) is 0 Å². The van der Waals surface area contributed by atoms with Crippen molar-refractivity contribution >= 4 is 0 Å². The molecule has 0 amide bonds. The van der Waals surface area contributed by atoms with Crippen molar-refractivity contribution in [3.05, 3.63) is 0 Å². The van der Waals surface area contributed by atoms with E-state index in [1.54, 1.807) is 0 Å². The normalized spacial score (nSPS) is 41.4. The van der Waals surface area contributed by atoms with E-state index in [2.05, 4.69) is 19.2 Å². The van der Waals surface area contributed by atoms with E-state index in [4.69, 9.17) is 10.5 Å². The van der Waals surface area contributed by atoms with E-state index < -0.39 is 0 Å². The second-order valence-electron chi connectivity index (χ2n) is 5.69. The summed E-state index contributed by atoms with van der Waals surface area (Å²) in [5, 5.41) is 3.71. The molecule has 0 bridgehead atoms. The third-order valence-corrected chi connectivity index (χ3v) is 4.11. The molecule has 1 heterocycles. The van der Waals surface area contributed by atoms with Gasteiger partial charge in [-0.3, -0.25) is 0 Å². The predicted molar refractivity (Wildman–Crippen MR) is 66.4 cm³/mol. The molecule has 1 aliphatic carbocycles. The number of nitrogens with two attached hydrogens (primary N) is 1. The van der Waals surface area contributed by atoms with Crippen molar-refractivity contribution in [2.24, 2.45) is 11.7 Å². The Morgan fingerprint density at radius 2 is 2.06 bits per heavy atom. The zero-order chi connectivity index (χ0) is 11.5. The van der Waals surface area contributed by atoms with E-state index >= 15 is 0 Å². The molecule has 1 aliphatic heterocycles. The predicted octanol–water partition coefficient (Wildman–Crippen LogP) is 1.66. The fourth-order valence-electron chi connectivity index (χ4n) is 3.12. The Morgan fingerprint density at radius 1 is 1.25 bits per heavy atom. The number of rotatable bonds is 4. The van der Waals surface area contributed by atoms with Gasteiger partial charge in [-0.2, -0.15) is 0 Å². The lowest BCUT2D eigenvalue weighted by molar-refractivity contribution is 0.0312. The molecule has 94 valence electrons. The van der Waals surface area contributed by atoms with Gasteiger partial charge in [0.2, 0.25) is 0 Å². The summed E-state index contributed by atoms with van der Waals surface area (Å²) in [5.41, 5.74) is 5.87. The van der Waals surface area contributed by atoms with Crippen LogP contribution in [0.25, 0.3) is 0 Å². The molecule has 2 aliphatic rings. The quantitative estimate of drug-likeness (QED) is 0.766. The average molecular weight is 226 g/mol. The Balaban J connectivity index is 1.81. The minimum atomic E-state index is 0.343. The molecule has 2 fully saturated rings. The molecule has 3 nitrogen and oxygen atoms in total. The van der Waals surface area contributed by atoms with Gasteiger partial charge in [0.05, 0.1) is 12.2 Å². The molecule has 16 heavy (non-hydrogen) atoms. The topological polar surface area (TPSA) is 47.3 Å². The van der Waals surface area contributed by atoms with Crippen LogP contribution in [0, 0.1) is 5.92 Å². The summed E-state index contributed by atoms with van der Waals surface area (Å²) in [6.07, 6.45) is 7.08. The smallest absolute Gasteiger partial charge is 0.0745 e. The van der Waals surface area contributed by atoms with Crippen molar-refractivity contribution in [3.63, 3.8) is 0 Å². The molecule has 5 unspecified atom stereocenters. The van der Waals surface area contributed by atoms with Gasteiger partial charge in [-0.25, -0.2) is 0 Å². The number of hydrogen-bond acceptors (Lipinski definition) is 3. The first-order valence-electron chi connectivity index (χ1n) is 6.80. The second-order valence-corrected chi connectivity index (χ2v) is 5.69. The van der Waals surface area contributed by atoms with Gasteiger partial charge < -0.3 is 15.8 Å². The van der Waals surface area contributed by atoms with E-state index in [1.165, 1.54) is 25.7 Å². The molecule has 1 saturated heterocycles. The fourth-order valence-corrected chi connectivity index (χ4v) is 3.12. The van der Waals surface area contributed by atoms with Crippen molar-refractivity contribution in [3.8, 4) is 0 Å². The first kappa shape index (κ1) is 12.3. The summed E-state index contributed by atoms with van der Waals surface area (Å²) in [4.78, 5) is 0. The van der Waals surface area contributed by atoms with Gasteiger partial charge in [-0.15, -0.1) is 0 Å². The van der Waals surface area contributed by atoms with E-state index in [1.807, 2.05) is 0 Å². The molecule has 2 rings (SSSR count). The molecule has 0 radical (unpaired) electrons. The average Bonchev–Trinajstić information content (AvgIpc) is 2.84. The fraction of sp³-hybridized carbons (Fsp3) is 1.00. The molecule has 0 spiro atoms. The molecular weight excluding hydrogens is 200 g/mol. The van der Waals surface area contributed by atoms with Crippen LogP contribution in [-0.2, 0) is 4.74 Å². The lowest BCUT2D eigenvalue weighted by Crippen LogP contribution is -2.49. The molecule has 3 N–H and O–H groups in total. The highest BCUT2D eigenvalue weighted by atomic mass is 16.5. The van der Waals surface area contributed by atoms with Crippen molar-refractivity contribution in [1.29, 1.82) is 0 Å². The summed E-state index contributed by atoms with van der Waals surface area (Å²) < 4.78 is 5.91. The van der Waals surface area contributed by atoms with Crippen molar-refractivity contribution in [2.75, 3.05) is 6.54 Å². The largest absolute Gasteiger partial charge is 0.374 e. The Bertz CT molecular complexity index is 222. The first-order valence-corrected chi connectivity index (χ1v) is 6.80. The highest BCUT2D eigenvalue weighted by Gasteiger charge is 2.31. The summed E-state index contributed by atoms with van der Waals surface area (Å²) >= 11 is 0. The Hall–Kier alpha value is -0.120. The van der Waals surface area contributed by atoms with Gasteiger partial charge in [-0.1, -0.05) is 6.92 Å². The molecule has 0 aromatic rings. The van der Waals surface area contributed by atoms with E-state index in [-0.39, 0.29) is 0 Å². The molecule has 5 atom stereocenters. The van der Waals surface area contributed by atoms with Gasteiger partial charge in [0.1, 0.15) is 0 Å². The summed E-state index contributed by atoms with van der Waals surface area (Å²) in [6.45, 7) is 5.20. The Morgan fingerprint density at radius 3 is 2.56 bits per heavy atom. The third kappa shape index (κ3) is 2.96. The van der Waals surface area contributed by atoms with Crippen LogP contribution in [-0.4, -0.2) is 30.8 Å². The Kier molecular flexibility index (Phi) is 4.22. The van der Waals surface area contributed by atoms with Gasteiger partial charge in [0.25, 0.3) is 0 Å². The van der Waals surface area contributed by atoms with Crippen molar-refractivity contribution in [1.82, 2.24) is 5.32 Å². The highest BCUT2D eigenvalue weighted by Crippen LogP contribution is 2.27. The molecule has 1 saturated carbocycles. The van der Waals surface area contributed by atoms with Crippen LogP contribution >= 0.6 is 0 Å². The van der Waals surface area contributed by atoms with Crippen LogP contribution < -0.4 is 11.1 Å². The second kappa shape index (κ2) is 5.48. The van der Waals surface area contributed by atoms with Gasteiger partial charge >= 0.3 is 0 Å². The highest BCUT2D eigenvalue weighted by molar-refractivity contribution is 4.88. The van der Waals surface area contributed by atoms with Gasteiger partial charge in [0, 0.05) is 18.6 Å². The maximum absolute atomic E-state index is 5.91. The SMILES string of the molecule is CC1CCC(NC(CN)C2CCC(C)O2)C1. The van der Waals surface area contributed by atoms with Crippen molar-refractivity contribution < 1.29 is 4.74 Å². The molecule has 0 aromatic heterocycles. The summed E-state index contributed by atoms with van der Waals surface area (Å²) in [6, 6.07) is 1.03. The minimum absolute atomic E-state index is 0.343. The van der Waals surface area contributed by atoms with Crippen LogP contribution in [0.15, 0.2) is 0 Å². The zero-order valence-electron chi connectivity index (χ0n) is 10.6. The molecule has 0 aromatic carbocycles. The first-order chi connectivity index (χ1) is 7.69. The number of nitrogens with one attached hydrogen (secondary N) is 1. The van der Waals surface area contributed by atoms with Crippen LogP contribution in [0.5, 0.6) is 0 Å². The van der Waals surface area contributed by atoms with Crippen LogP contribution in [0.2, 0.25) is 0 Å². The third-order valence-electron chi connectivity index (χ3n) is 4.11. The lowest BCUT2D eigenvalue weighted by Gasteiger charge is -2.27. The maximum Gasteiger partial charge on any atom is 0.0745 e. The number of hydrogen-bond donors (Lipinski definition) is 2. The van der Waals surface area contributed by atoms with E-state index in [0.717, 1.165) is 12.3 Å². The maximum atomic E-state index is 5.91. The molecule has 3 heteroatoms. The van der Waals surface area contributed by atoms with Crippen LogP contribution in [0.1, 0.15) is 46.0 Å². The number of ether oxygens (including phenoxy) is 1. The summed E-state index contributed by atoms with van der Waals surface area (Å²) in [7, 11) is 0. The standard InChI is InChI=1S/C13H26N2O/c1-9-3-5-11(7-9)15-12(8-14)13-6-4-10(2)16-13/h9-13,15H,3-8,14H2,1-2H3. The van der Waals surface area contributed by atoms with Crippen LogP contribution in [0.3, 0.4) is 0 Å². The lowest BCUT2D eigenvalue weighted by atomic mass is 10.1. The molecular formula is C13H26N2O.